The summed E-state index contributed by atoms with van der Waals surface area (Å²) in [6.45, 7) is 5.20. The zero-order valence-corrected chi connectivity index (χ0v) is 13.3. The number of benzene rings is 1. The van der Waals surface area contributed by atoms with Crippen molar-refractivity contribution >= 4 is 6.21 Å². The Morgan fingerprint density at radius 3 is 2.58 bits per heavy atom. The summed E-state index contributed by atoms with van der Waals surface area (Å²) in [5, 5.41) is 29.7. The second-order valence-corrected chi connectivity index (χ2v) is 5.34. The van der Waals surface area contributed by atoms with E-state index in [9.17, 15) is 9.50 Å². The minimum absolute atomic E-state index is 0.142. The number of hydrogen-bond acceptors (Lipinski definition) is 6. The molecule has 0 aliphatic heterocycles. The molecular weight excluding hydrogens is 315 g/mol. The van der Waals surface area contributed by atoms with E-state index in [1.54, 1.807) is 20.8 Å². The van der Waals surface area contributed by atoms with E-state index in [1.165, 1.54) is 23.0 Å². The van der Waals surface area contributed by atoms with Crippen LogP contribution in [0.25, 0.3) is 16.9 Å². The molecule has 0 spiro atoms. The molecule has 2 aromatic heterocycles. The van der Waals surface area contributed by atoms with Gasteiger partial charge in [0.25, 0.3) is 0 Å². The van der Waals surface area contributed by atoms with Gasteiger partial charge in [-0.05, 0) is 32.9 Å². The van der Waals surface area contributed by atoms with Crippen molar-refractivity contribution in [2.75, 3.05) is 0 Å². The number of phenolic OH excluding ortho intramolecular Hbond substituents is 1. The quantitative estimate of drug-likeness (QED) is 0.437. The molecule has 7 nitrogen and oxygen atoms in total. The first-order valence-electron chi connectivity index (χ1n) is 7.13. The van der Waals surface area contributed by atoms with E-state index in [2.05, 4.69) is 15.4 Å². The monoisotopic (exact) mass is 330 g/mol. The molecule has 0 fully saturated rings. The summed E-state index contributed by atoms with van der Waals surface area (Å²) >= 11 is 0. The molecule has 0 unspecified atom stereocenters. The predicted octanol–water partition coefficient (Wildman–Crippen LogP) is 3.11. The van der Waals surface area contributed by atoms with Crippen molar-refractivity contribution in [2.45, 2.75) is 20.8 Å². The molecular formula is C16H15FN4O3. The number of aromatic hydroxyl groups is 1. The third-order valence-electron chi connectivity index (χ3n) is 3.72. The molecule has 24 heavy (non-hydrogen) atoms. The van der Waals surface area contributed by atoms with Crippen LogP contribution in [0.1, 0.15) is 22.7 Å². The first-order chi connectivity index (χ1) is 11.4. The van der Waals surface area contributed by atoms with E-state index in [0.717, 1.165) is 6.07 Å². The molecule has 0 saturated carbocycles. The molecule has 2 N–H and O–H groups in total. The SMILES string of the molecule is Cc1nn(-c2ccc(O)cc2F)c(-c2c(C)noc2C)c1C=NO. The molecule has 3 rings (SSSR count). The number of hydrogen-bond donors (Lipinski definition) is 2. The summed E-state index contributed by atoms with van der Waals surface area (Å²) in [6, 6.07) is 3.79. The van der Waals surface area contributed by atoms with E-state index in [1.807, 2.05) is 0 Å². The van der Waals surface area contributed by atoms with Crippen molar-refractivity contribution in [3.63, 3.8) is 0 Å². The summed E-state index contributed by atoms with van der Waals surface area (Å²) in [5.74, 6) is -0.297. The topological polar surface area (TPSA) is 96.7 Å². The van der Waals surface area contributed by atoms with E-state index >= 15 is 0 Å². The fourth-order valence-corrected chi connectivity index (χ4v) is 2.66. The summed E-state index contributed by atoms with van der Waals surface area (Å²) < 4.78 is 20.9. The Labute approximate surface area is 136 Å². The number of aromatic nitrogens is 3. The highest BCUT2D eigenvalue weighted by Gasteiger charge is 2.24. The summed E-state index contributed by atoms with van der Waals surface area (Å²) in [5.41, 5.74) is 2.92. The summed E-state index contributed by atoms with van der Waals surface area (Å²) in [4.78, 5) is 0. The molecule has 0 atom stereocenters. The molecule has 0 saturated heterocycles. The number of oxime groups is 1. The number of phenols is 1. The highest BCUT2D eigenvalue weighted by molar-refractivity contribution is 5.91. The zero-order chi connectivity index (χ0) is 17.4. The lowest BCUT2D eigenvalue weighted by Gasteiger charge is -2.09. The number of nitrogens with zero attached hydrogens (tertiary/aromatic N) is 4. The van der Waals surface area contributed by atoms with Gasteiger partial charge in [-0.2, -0.15) is 5.10 Å². The molecule has 0 amide bonds. The minimum atomic E-state index is -0.641. The van der Waals surface area contributed by atoms with Gasteiger partial charge in [-0.25, -0.2) is 9.07 Å². The molecule has 0 bridgehead atoms. The van der Waals surface area contributed by atoms with Crippen LogP contribution >= 0.6 is 0 Å². The molecule has 8 heteroatoms. The number of halogens is 1. The summed E-state index contributed by atoms with van der Waals surface area (Å²) in [7, 11) is 0. The van der Waals surface area contributed by atoms with Gasteiger partial charge in [0.15, 0.2) is 5.82 Å². The lowest BCUT2D eigenvalue weighted by molar-refractivity contribution is 0.322. The molecule has 0 aliphatic carbocycles. The maximum Gasteiger partial charge on any atom is 0.152 e. The largest absolute Gasteiger partial charge is 0.508 e. The number of aryl methyl sites for hydroxylation is 3. The Kier molecular flexibility index (Phi) is 3.80. The average molecular weight is 330 g/mol. The van der Waals surface area contributed by atoms with Gasteiger partial charge in [0.1, 0.15) is 17.2 Å². The van der Waals surface area contributed by atoms with Gasteiger partial charge in [0.2, 0.25) is 0 Å². The fourth-order valence-electron chi connectivity index (χ4n) is 2.66. The fraction of sp³-hybridized carbons (Fsp3) is 0.188. The van der Waals surface area contributed by atoms with Gasteiger partial charge in [-0.3, -0.25) is 0 Å². The molecule has 0 aliphatic rings. The molecule has 2 heterocycles. The molecule has 124 valence electrons. The Balaban J connectivity index is 2.37. The number of rotatable bonds is 3. The van der Waals surface area contributed by atoms with Crippen LogP contribution in [0, 0.1) is 26.6 Å². The van der Waals surface area contributed by atoms with Crippen LogP contribution in [0.15, 0.2) is 27.9 Å². The van der Waals surface area contributed by atoms with Crippen molar-refractivity contribution < 1.29 is 19.2 Å². The third kappa shape index (κ3) is 2.41. The molecule has 0 radical (unpaired) electrons. The average Bonchev–Trinajstić information content (AvgIpc) is 3.00. The molecule has 3 aromatic rings. The standard InChI is InChI=1S/C16H15FN4O3/c1-8-12(7-18-23)16(15-9(2)20-24-10(15)3)21(19-8)14-5-4-11(22)6-13(14)17/h4-7,22-23H,1-3H3. The van der Waals surface area contributed by atoms with Crippen molar-refractivity contribution in [3.8, 4) is 22.7 Å². The van der Waals surface area contributed by atoms with Crippen LogP contribution in [0.3, 0.4) is 0 Å². The predicted molar refractivity (Wildman–Crippen MR) is 84.3 cm³/mol. The van der Waals surface area contributed by atoms with E-state index < -0.39 is 5.82 Å². The zero-order valence-electron chi connectivity index (χ0n) is 13.3. The third-order valence-corrected chi connectivity index (χ3v) is 3.72. The Hall–Kier alpha value is -3.16. The Morgan fingerprint density at radius 2 is 2.00 bits per heavy atom. The van der Waals surface area contributed by atoms with Crippen molar-refractivity contribution in [1.82, 2.24) is 14.9 Å². The van der Waals surface area contributed by atoms with Crippen molar-refractivity contribution in [3.05, 3.63) is 46.7 Å². The Bertz CT molecular complexity index is 924. The maximum absolute atomic E-state index is 14.3. The van der Waals surface area contributed by atoms with Crippen LogP contribution in [-0.4, -0.2) is 31.5 Å². The first-order valence-corrected chi connectivity index (χ1v) is 7.13. The van der Waals surface area contributed by atoms with Crippen LogP contribution in [-0.2, 0) is 0 Å². The van der Waals surface area contributed by atoms with Gasteiger partial charge in [0.05, 0.1) is 28.9 Å². The van der Waals surface area contributed by atoms with Gasteiger partial charge < -0.3 is 14.8 Å². The van der Waals surface area contributed by atoms with Gasteiger partial charge in [-0.15, -0.1) is 0 Å². The van der Waals surface area contributed by atoms with Crippen LogP contribution in [0.4, 0.5) is 4.39 Å². The van der Waals surface area contributed by atoms with Gasteiger partial charge in [-0.1, -0.05) is 10.3 Å². The maximum atomic E-state index is 14.3. The second-order valence-electron chi connectivity index (χ2n) is 5.34. The minimum Gasteiger partial charge on any atom is -0.508 e. The van der Waals surface area contributed by atoms with Crippen LogP contribution in [0.2, 0.25) is 0 Å². The van der Waals surface area contributed by atoms with Crippen molar-refractivity contribution in [2.24, 2.45) is 5.16 Å². The Morgan fingerprint density at radius 1 is 1.25 bits per heavy atom. The van der Waals surface area contributed by atoms with Crippen LogP contribution in [0.5, 0.6) is 5.75 Å². The van der Waals surface area contributed by atoms with Gasteiger partial charge in [0, 0.05) is 11.6 Å². The smallest absolute Gasteiger partial charge is 0.152 e. The normalized spacial score (nSPS) is 11.5. The lowest BCUT2D eigenvalue weighted by atomic mass is 10.0. The van der Waals surface area contributed by atoms with E-state index in [0.29, 0.717) is 34.0 Å². The van der Waals surface area contributed by atoms with Crippen LogP contribution < -0.4 is 0 Å². The van der Waals surface area contributed by atoms with Crippen molar-refractivity contribution in [1.29, 1.82) is 0 Å². The van der Waals surface area contributed by atoms with E-state index in [4.69, 9.17) is 9.73 Å². The van der Waals surface area contributed by atoms with E-state index in [-0.39, 0.29) is 11.4 Å². The summed E-state index contributed by atoms with van der Waals surface area (Å²) in [6.07, 6.45) is 1.23. The second kappa shape index (κ2) is 5.80. The van der Waals surface area contributed by atoms with Gasteiger partial charge >= 0.3 is 0 Å². The first kappa shape index (κ1) is 15.7. The highest BCUT2D eigenvalue weighted by atomic mass is 19.1. The molecule has 1 aromatic carbocycles. The highest BCUT2D eigenvalue weighted by Crippen LogP contribution is 2.33. The lowest BCUT2D eigenvalue weighted by Crippen LogP contribution is -2.03.